The van der Waals surface area contributed by atoms with Gasteiger partial charge in [-0.2, -0.15) is 0 Å². The fraction of sp³-hybridized carbons (Fsp3) is 0.500. The van der Waals surface area contributed by atoms with Gasteiger partial charge in [-0.15, -0.1) is 0 Å². The molecule has 1 aliphatic heterocycles. The third-order valence-electron chi connectivity index (χ3n) is 6.37. The molecule has 148 valence electrons. The lowest BCUT2D eigenvalue weighted by atomic mass is 9.77. The number of nitrogens with zero attached hydrogens (tertiary/aromatic N) is 4. The maximum absolute atomic E-state index is 13.2. The molecule has 4 rings (SSSR count). The molecule has 1 unspecified atom stereocenters. The van der Waals surface area contributed by atoms with Gasteiger partial charge in [0, 0.05) is 49.0 Å². The summed E-state index contributed by atoms with van der Waals surface area (Å²) in [6.45, 7) is 7.73. The molecule has 2 aliphatic rings. The van der Waals surface area contributed by atoms with Crippen LogP contribution in [0.25, 0.3) is 0 Å². The molecule has 0 saturated carbocycles. The van der Waals surface area contributed by atoms with E-state index in [0.29, 0.717) is 12.5 Å². The van der Waals surface area contributed by atoms with Gasteiger partial charge in [-0.25, -0.2) is 9.97 Å². The van der Waals surface area contributed by atoms with Gasteiger partial charge in [-0.3, -0.25) is 4.79 Å². The lowest BCUT2D eigenvalue weighted by Gasteiger charge is -2.40. The molecule has 0 radical (unpaired) electrons. The van der Waals surface area contributed by atoms with Gasteiger partial charge in [0.15, 0.2) is 0 Å². The molecule has 1 aliphatic carbocycles. The van der Waals surface area contributed by atoms with Crippen molar-refractivity contribution in [3.05, 3.63) is 47.3 Å². The third kappa shape index (κ3) is 3.21. The topological polar surface area (TPSA) is 75.4 Å². The first-order valence-corrected chi connectivity index (χ1v) is 10.3. The number of hydrogen-bond donors (Lipinski definition) is 1. The largest absolute Gasteiger partial charge is 0.372 e. The van der Waals surface area contributed by atoms with Gasteiger partial charge < -0.3 is 15.5 Å². The molecule has 2 N–H and O–H groups in total. The first-order valence-electron chi connectivity index (χ1n) is 10.3. The van der Waals surface area contributed by atoms with Gasteiger partial charge in [-0.05, 0) is 69.4 Å². The minimum Gasteiger partial charge on any atom is -0.372 e. The number of aryl methyl sites for hydroxylation is 1. The second kappa shape index (κ2) is 7.41. The minimum absolute atomic E-state index is 0.0680. The smallest absolute Gasteiger partial charge is 0.253 e. The first kappa shape index (κ1) is 18.7. The summed E-state index contributed by atoms with van der Waals surface area (Å²) in [6.07, 6.45) is 5.90. The number of hydrogen-bond acceptors (Lipinski definition) is 5. The zero-order chi connectivity index (χ0) is 19.7. The third-order valence-corrected chi connectivity index (χ3v) is 6.37. The van der Waals surface area contributed by atoms with Crippen LogP contribution in [0, 0.1) is 0 Å². The number of nitrogen functional groups attached to an aromatic ring is 1. The second-order valence-corrected chi connectivity index (χ2v) is 7.93. The molecular weight excluding hydrogens is 350 g/mol. The van der Waals surface area contributed by atoms with Gasteiger partial charge in [0.1, 0.15) is 0 Å². The Bertz CT molecular complexity index is 858. The van der Waals surface area contributed by atoms with E-state index in [2.05, 4.69) is 40.8 Å². The van der Waals surface area contributed by atoms with Gasteiger partial charge in [-0.1, -0.05) is 0 Å². The number of rotatable bonds is 4. The summed E-state index contributed by atoms with van der Waals surface area (Å²) in [5, 5.41) is 0. The van der Waals surface area contributed by atoms with Gasteiger partial charge >= 0.3 is 0 Å². The summed E-state index contributed by atoms with van der Waals surface area (Å²) in [5.41, 5.74) is 9.96. The SMILES string of the molecule is CCN(CC)c1ccc(C(=O)N2CCCC3(CCc4cnc(N)nc43)C2)cc1. The fourth-order valence-electron chi connectivity index (χ4n) is 4.84. The highest BCUT2D eigenvalue weighted by atomic mass is 16.2. The van der Waals surface area contributed by atoms with Gasteiger partial charge in [0.2, 0.25) is 5.95 Å². The Morgan fingerprint density at radius 1 is 1.21 bits per heavy atom. The molecule has 6 heteroatoms. The lowest BCUT2D eigenvalue weighted by Crippen LogP contribution is -2.48. The van der Waals surface area contributed by atoms with E-state index in [1.54, 1.807) is 0 Å². The number of fused-ring (bicyclic) bond motifs is 2. The van der Waals surface area contributed by atoms with Gasteiger partial charge in [0.25, 0.3) is 5.91 Å². The number of piperidine rings is 1. The average molecular weight is 380 g/mol. The Hall–Kier alpha value is -2.63. The van der Waals surface area contributed by atoms with Crippen molar-refractivity contribution in [3.8, 4) is 0 Å². The van der Waals surface area contributed by atoms with Crippen molar-refractivity contribution in [1.82, 2.24) is 14.9 Å². The van der Waals surface area contributed by atoms with Crippen LogP contribution in [0.4, 0.5) is 11.6 Å². The predicted octanol–water partition coefficient (Wildman–Crippen LogP) is 3.03. The Morgan fingerprint density at radius 2 is 1.96 bits per heavy atom. The van der Waals surface area contributed by atoms with Crippen molar-refractivity contribution in [3.63, 3.8) is 0 Å². The number of carbonyl (C=O) groups excluding carboxylic acids is 1. The van der Waals surface area contributed by atoms with E-state index in [-0.39, 0.29) is 11.3 Å². The molecule has 1 aromatic carbocycles. The van der Waals surface area contributed by atoms with Gasteiger partial charge in [0.05, 0.1) is 5.69 Å². The van der Waals surface area contributed by atoms with E-state index in [0.717, 1.165) is 62.3 Å². The number of aromatic nitrogens is 2. The summed E-state index contributed by atoms with van der Waals surface area (Å²) in [4.78, 5) is 26.2. The van der Waals surface area contributed by atoms with Crippen LogP contribution in [0.15, 0.2) is 30.5 Å². The van der Waals surface area contributed by atoms with E-state index in [1.165, 1.54) is 5.56 Å². The Kier molecular flexibility index (Phi) is 4.96. The number of anilines is 2. The second-order valence-electron chi connectivity index (χ2n) is 7.93. The quantitative estimate of drug-likeness (QED) is 0.884. The van der Waals surface area contributed by atoms with Crippen LogP contribution in [0.5, 0.6) is 0 Å². The van der Waals surface area contributed by atoms with Crippen LogP contribution in [-0.4, -0.2) is 47.0 Å². The summed E-state index contributed by atoms with van der Waals surface area (Å²) in [7, 11) is 0. The molecule has 1 saturated heterocycles. The highest BCUT2D eigenvalue weighted by Gasteiger charge is 2.44. The van der Waals surface area contributed by atoms with Crippen LogP contribution in [0.3, 0.4) is 0 Å². The van der Waals surface area contributed by atoms with Crippen molar-refractivity contribution in [1.29, 1.82) is 0 Å². The van der Waals surface area contributed by atoms with E-state index in [9.17, 15) is 4.79 Å². The van der Waals surface area contributed by atoms with Crippen molar-refractivity contribution < 1.29 is 4.79 Å². The summed E-state index contributed by atoms with van der Waals surface area (Å²) >= 11 is 0. The maximum atomic E-state index is 13.2. The Balaban J connectivity index is 1.54. The van der Waals surface area contributed by atoms with Crippen molar-refractivity contribution in [2.45, 2.75) is 44.9 Å². The molecule has 1 spiro atoms. The molecular formula is C22H29N5O. The molecule has 1 atom stereocenters. The van der Waals surface area contributed by atoms with E-state index >= 15 is 0 Å². The molecule has 1 amide bonds. The minimum atomic E-state index is -0.0680. The monoisotopic (exact) mass is 379 g/mol. The highest BCUT2D eigenvalue weighted by molar-refractivity contribution is 5.94. The molecule has 1 aromatic heterocycles. The number of nitrogens with two attached hydrogens (primary N) is 1. The molecule has 2 heterocycles. The summed E-state index contributed by atoms with van der Waals surface area (Å²) < 4.78 is 0. The molecule has 1 fully saturated rings. The predicted molar refractivity (Wildman–Crippen MR) is 112 cm³/mol. The fourth-order valence-corrected chi connectivity index (χ4v) is 4.84. The van der Waals surface area contributed by atoms with Crippen LogP contribution >= 0.6 is 0 Å². The van der Waals surface area contributed by atoms with E-state index in [4.69, 9.17) is 5.73 Å². The van der Waals surface area contributed by atoms with Crippen LogP contribution in [-0.2, 0) is 11.8 Å². The number of benzene rings is 1. The maximum Gasteiger partial charge on any atom is 0.253 e. The lowest BCUT2D eigenvalue weighted by molar-refractivity contribution is 0.0633. The molecule has 6 nitrogen and oxygen atoms in total. The van der Waals surface area contributed by atoms with Crippen LogP contribution < -0.4 is 10.6 Å². The zero-order valence-electron chi connectivity index (χ0n) is 16.8. The van der Waals surface area contributed by atoms with Crippen molar-refractivity contribution in [2.75, 3.05) is 36.8 Å². The molecule has 2 aromatic rings. The Morgan fingerprint density at radius 3 is 2.68 bits per heavy atom. The first-order chi connectivity index (χ1) is 13.6. The highest BCUT2D eigenvalue weighted by Crippen LogP contribution is 2.44. The number of amides is 1. The summed E-state index contributed by atoms with van der Waals surface area (Å²) in [6, 6.07) is 8.03. The van der Waals surface area contributed by atoms with Crippen LogP contribution in [0.2, 0.25) is 0 Å². The van der Waals surface area contributed by atoms with E-state index in [1.807, 2.05) is 23.2 Å². The molecule has 28 heavy (non-hydrogen) atoms. The van der Waals surface area contributed by atoms with E-state index < -0.39 is 0 Å². The standard InChI is InChI=1S/C22H29N5O/c1-3-26(4-2)18-8-6-16(7-9-18)20(28)27-13-5-11-22(15-27)12-10-17-14-24-21(23)25-19(17)22/h6-9,14H,3-5,10-13,15H2,1-2H3,(H2,23,24,25). The van der Waals surface area contributed by atoms with Crippen molar-refractivity contribution >= 4 is 17.5 Å². The average Bonchev–Trinajstić information content (AvgIpc) is 3.06. The Labute approximate surface area is 166 Å². The normalized spacial score (nSPS) is 21.0. The zero-order valence-corrected chi connectivity index (χ0v) is 16.8. The number of likely N-dealkylation sites (tertiary alicyclic amines) is 1. The van der Waals surface area contributed by atoms with Crippen LogP contribution in [0.1, 0.15) is 54.7 Å². The molecule has 0 bridgehead atoms. The van der Waals surface area contributed by atoms with Crippen molar-refractivity contribution in [2.24, 2.45) is 0 Å². The summed E-state index contributed by atoms with van der Waals surface area (Å²) in [5.74, 6) is 0.441. The number of carbonyl (C=O) groups is 1.